The minimum atomic E-state index is -0.597. The molecule has 1 atom stereocenters. The van der Waals surface area contributed by atoms with Crippen molar-refractivity contribution in [2.45, 2.75) is 25.3 Å². The highest BCUT2D eigenvalue weighted by Gasteiger charge is 2.35. The van der Waals surface area contributed by atoms with Gasteiger partial charge in [0.2, 0.25) is 17.5 Å². The Morgan fingerprint density at radius 3 is 2.90 bits per heavy atom. The van der Waals surface area contributed by atoms with E-state index in [2.05, 4.69) is 20.7 Å². The van der Waals surface area contributed by atoms with Gasteiger partial charge in [-0.25, -0.2) is 15.8 Å². The molecule has 2 heterocycles. The van der Waals surface area contributed by atoms with Gasteiger partial charge in [0.15, 0.2) is 0 Å². The normalized spacial score (nSPS) is 18.2. The molecule has 1 unspecified atom stereocenters. The molecule has 10 heteroatoms. The van der Waals surface area contributed by atoms with Crippen molar-refractivity contribution in [1.82, 2.24) is 15.3 Å². The van der Waals surface area contributed by atoms with Crippen LogP contribution in [-0.4, -0.2) is 40.4 Å². The van der Waals surface area contributed by atoms with Gasteiger partial charge in [-0.05, 0) is 19.3 Å². The zero-order valence-corrected chi connectivity index (χ0v) is 11.6. The number of aromatic nitrogens is 2. The second kappa shape index (κ2) is 6.31. The number of nitrogens with zero attached hydrogens (tertiary/aromatic N) is 4. The van der Waals surface area contributed by atoms with E-state index in [0.29, 0.717) is 13.0 Å². The minimum absolute atomic E-state index is 0.0776. The molecule has 21 heavy (non-hydrogen) atoms. The zero-order valence-electron chi connectivity index (χ0n) is 11.6. The highest BCUT2D eigenvalue weighted by Crippen LogP contribution is 2.34. The molecule has 4 N–H and O–H groups in total. The van der Waals surface area contributed by atoms with Crippen LogP contribution in [0.5, 0.6) is 0 Å². The van der Waals surface area contributed by atoms with Crippen LogP contribution >= 0.6 is 0 Å². The van der Waals surface area contributed by atoms with Gasteiger partial charge in [0.05, 0.1) is 4.92 Å². The molecule has 1 aromatic rings. The third-order valence-corrected chi connectivity index (χ3v) is 3.45. The number of likely N-dealkylation sites (N-methyl/N-ethyl adjacent to an activating group) is 1. The highest BCUT2D eigenvalue weighted by atomic mass is 16.6. The Balaban J connectivity index is 2.48. The summed E-state index contributed by atoms with van der Waals surface area (Å²) in [7, 11) is 1.54. The summed E-state index contributed by atoms with van der Waals surface area (Å²) < 4.78 is 0. The first-order valence-corrected chi connectivity index (χ1v) is 6.54. The molecular weight excluding hydrogens is 278 g/mol. The number of rotatable bonds is 4. The first-order valence-electron chi connectivity index (χ1n) is 6.54. The number of amides is 1. The number of hydrogen-bond acceptors (Lipinski definition) is 8. The van der Waals surface area contributed by atoms with Gasteiger partial charge in [-0.2, -0.15) is 0 Å². The zero-order chi connectivity index (χ0) is 15.4. The number of nitro groups is 1. The van der Waals surface area contributed by atoms with Crippen molar-refractivity contribution in [3.05, 3.63) is 16.4 Å². The molecular formula is C11H17N7O3. The lowest BCUT2D eigenvalue weighted by molar-refractivity contribution is -0.383. The van der Waals surface area contributed by atoms with E-state index in [1.807, 2.05) is 0 Å². The highest BCUT2D eigenvalue weighted by molar-refractivity contribution is 5.86. The summed E-state index contributed by atoms with van der Waals surface area (Å²) in [5.74, 6) is 5.11. The number of anilines is 2. The lowest BCUT2D eigenvalue weighted by Gasteiger charge is -2.34. The van der Waals surface area contributed by atoms with Gasteiger partial charge in [-0.1, -0.05) is 0 Å². The number of carbonyl (C=O) groups excluding carboxylic acids is 1. The Labute approximate surface area is 120 Å². The third-order valence-electron chi connectivity index (χ3n) is 3.45. The molecule has 2 rings (SSSR count). The van der Waals surface area contributed by atoms with E-state index >= 15 is 0 Å². The topological polar surface area (TPSA) is 139 Å². The van der Waals surface area contributed by atoms with Crippen LogP contribution in [0.15, 0.2) is 6.33 Å². The summed E-state index contributed by atoms with van der Waals surface area (Å²) in [5.41, 5.74) is 1.87. The van der Waals surface area contributed by atoms with Gasteiger partial charge in [0.1, 0.15) is 12.4 Å². The van der Waals surface area contributed by atoms with Gasteiger partial charge >= 0.3 is 5.69 Å². The van der Waals surface area contributed by atoms with Crippen LogP contribution in [0.25, 0.3) is 0 Å². The summed E-state index contributed by atoms with van der Waals surface area (Å²) in [6, 6.07) is -0.483. The van der Waals surface area contributed by atoms with Crippen LogP contribution in [0, 0.1) is 10.1 Å². The largest absolute Gasteiger partial charge is 0.357 e. The third kappa shape index (κ3) is 2.84. The Morgan fingerprint density at radius 1 is 1.52 bits per heavy atom. The number of nitrogen functional groups attached to an aromatic ring is 1. The Hall–Kier alpha value is -2.49. The quantitative estimate of drug-likeness (QED) is 0.393. The van der Waals surface area contributed by atoms with Crippen molar-refractivity contribution in [1.29, 1.82) is 0 Å². The van der Waals surface area contributed by atoms with Crippen molar-refractivity contribution in [2.75, 3.05) is 23.9 Å². The molecule has 1 aliphatic rings. The molecule has 0 spiro atoms. The SMILES string of the molecule is CNC(=O)C1CCCCN1c1ncnc(NN)c1[N+](=O)[O-]. The summed E-state index contributed by atoms with van der Waals surface area (Å²) in [6.45, 7) is 0.514. The maximum absolute atomic E-state index is 12.0. The van der Waals surface area contributed by atoms with Gasteiger partial charge < -0.3 is 15.6 Å². The van der Waals surface area contributed by atoms with Crippen molar-refractivity contribution < 1.29 is 9.72 Å². The van der Waals surface area contributed by atoms with Crippen LogP contribution in [0.3, 0.4) is 0 Å². The van der Waals surface area contributed by atoms with Gasteiger partial charge in [0.25, 0.3) is 0 Å². The Kier molecular flexibility index (Phi) is 4.48. The maximum Gasteiger partial charge on any atom is 0.354 e. The van der Waals surface area contributed by atoms with Crippen LogP contribution in [0.2, 0.25) is 0 Å². The van der Waals surface area contributed by atoms with Crippen LogP contribution in [0.1, 0.15) is 19.3 Å². The molecule has 1 aliphatic heterocycles. The number of hydrogen-bond donors (Lipinski definition) is 3. The second-order valence-electron chi connectivity index (χ2n) is 4.62. The molecule has 0 aliphatic carbocycles. The lowest BCUT2D eigenvalue weighted by atomic mass is 10.0. The summed E-state index contributed by atoms with van der Waals surface area (Å²) in [6.07, 6.45) is 3.52. The van der Waals surface area contributed by atoms with Crippen molar-refractivity contribution in [2.24, 2.45) is 5.84 Å². The minimum Gasteiger partial charge on any atom is -0.357 e. The van der Waals surface area contributed by atoms with E-state index in [-0.39, 0.29) is 23.2 Å². The van der Waals surface area contributed by atoms with E-state index in [4.69, 9.17) is 5.84 Å². The van der Waals surface area contributed by atoms with E-state index in [0.717, 1.165) is 12.8 Å². The Morgan fingerprint density at radius 2 is 2.29 bits per heavy atom. The van der Waals surface area contributed by atoms with Gasteiger partial charge in [-0.15, -0.1) is 0 Å². The molecule has 0 saturated carbocycles. The fourth-order valence-corrected chi connectivity index (χ4v) is 2.48. The average Bonchev–Trinajstić information content (AvgIpc) is 2.53. The van der Waals surface area contributed by atoms with E-state index in [1.165, 1.54) is 13.4 Å². The Bertz CT molecular complexity index is 551. The van der Waals surface area contributed by atoms with Crippen molar-refractivity contribution in [3.63, 3.8) is 0 Å². The summed E-state index contributed by atoms with van der Waals surface area (Å²) in [4.78, 5) is 32.1. The summed E-state index contributed by atoms with van der Waals surface area (Å²) in [5, 5.41) is 13.9. The fraction of sp³-hybridized carbons (Fsp3) is 0.545. The molecule has 1 fully saturated rings. The van der Waals surface area contributed by atoms with E-state index in [1.54, 1.807) is 4.90 Å². The molecule has 1 saturated heterocycles. The number of hydrazine groups is 1. The van der Waals surface area contributed by atoms with Gasteiger partial charge in [0, 0.05) is 13.6 Å². The molecule has 114 valence electrons. The fourth-order valence-electron chi connectivity index (χ4n) is 2.48. The molecule has 0 aromatic carbocycles. The van der Waals surface area contributed by atoms with Crippen LogP contribution in [0.4, 0.5) is 17.3 Å². The average molecular weight is 295 g/mol. The maximum atomic E-state index is 12.0. The predicted molar refractivity (Wildman–Crippen MR) is 75.5 cm³/mol. The van der Waals surface area contributed by atoms with E-state index < -0.39 is 11.0 Å². The number of nitrogens with one attached hydrogen (secondary N) is 2. The van der Waals surface area contributed by atoms with E-state index in [9.17, 15) is 14.9 Å². The van der Waals surface area contributed by atoms with Gasteiger partial charge in [-0.3, -0.25) is 14.9 Å². The molecule has 1 aromatic heterocycles. The second-order valence-corrected chi connectivity index (χ2v) is 4.62. The molecule has 10 nitrogen and oxygen atoms in total. The monoisotopic (exact) mass is 295 g/mol. The van der Waals surface area contributed by atoms with Crippen LogP contribution in [-0.2, 0) is 4.79 Å². The number of carbonyl (C=O) groups is 1. The van der Waals surface area contributed by atoms with Crippen LogP contribution < -0.4 is 21.5 Å². The predicted octanol–water partition coefficient (Wildman–Crippen LogP) is -0.225. The standard InChI is InChI=1S/C11H17N7O3/c1-13-11(19)7-4-2-3-5-17(7)10-8(18(20)21)9(16-12)14-6-15-10/h6-7H,2-5,12H2,1H3,(H,13,19)(H,14,15,16). The molecule has 0 radical (unpaired) electrons. The number of piperidine rings is 1. The lowest BCUT2D eigenvalue weighted by Crippen LogP contribution is -2.49. The molecule has 0 bridgehead atoms. The van der Waals surface area contributed by atoms with Crippen molar-refractivity contribution in [3.8, 4) is 0 Å². The first kappa shape index (κ1) is 14.9. The molecule has 1 amide bonds. The first-order chi connectivity index (χ1) is 10.1. The number of nitrogens with two attached hydrogens (primary N) is 1. The van der Waals surface area contributed by atoms with Crippen molar-refractivity contribution >= 4 is 23.2 Å². The smallest absolute Gasteiger partial charge is 0.354 e. The summed E-state index contributed by atoms with van der Waals surface area (Å²) >= 11 is 0.